The highest BCUT2D eigenvalue weighted by molar-refractivity contribution is 5.84. The van der Waals surface area contributed by atoms with Crippen LogP contribution in [0.25, 0.3) is 0 Å². The molecular weight excluding hydrogens is 446 g/mol. The number of hydrogen-bond donors (Lipinski definition) is 2. The van der Waals surface area contributed by atoms with E-state index < -0.39 is 0 Å². The van der Waals surface area contributed by atoms with Crippen molar-refractivity contribution in [3.05, 3.63) is 11.3 Å². The third-order valence-electron chi connectivity index (χ3n) is 13.7. The van der Waals surface area contributed by atoms with Crippen molar-refractivity contribution >= 4 is 12.0 Å². The zero-order chi connectivity index (χ0) is 26.5. The summed E-state index contributed by atoms with van der Waals surface area (Å²) >= 11 is 0. The van der Waals surface area contributed by atoms with E-state index in [0.29, 0.717) is 35.7 Å². The average Bonchev–Trinajstić information content (AvgIpc) is 2.79. The van der Waals surface area contributed by atoms with E-state index in [1.165, 1.54) is 12.6 Å². The molecule has 0 aromatic rings. The first-order chi connectivity index (χ1) is 16.6. The van der Waals surface area contributed by atoms with Gasteiger partial charge in [0.05, 0.1) is 11.0 Å². The number of rotatable bonds is 3. The lowest BCUT2D eigenvalue weighted by Gasteiger charge is -2.72. The third-order valence-corrected chi connectivity index (χ3v) is 13.7. The summed E-state index contributed by atoms with van der Waals surface area (Å²) in [5.41, 5.74) is 0.969. The first kappa shape index (κ1) is 26.4. The summed E-state index contributed by atoms with van der Waals surface area (Å²) in [6, 6.07) is 0. The molecule has 5 aliphatic carbocycles. The molecule has 0 aliphatic heterocycles. The third kappa shape index (κ3) is 3.21. The van der Waals surface area contributed by atoms with E-state index in [1.807, 2.05) is 0 Å². The van der Waals surface area contributed by atoms with Crippen LogP contribution in [0.1, 0.15) is 113 Å². The average molecular weight is 499 g/mol. The number of allylic oxidation sites excluding steroid dienone is 2. The second kappa shape index (κ2) is 7.93. The molecule has 0 amide bonds. The highest BCUT2D eigenvalue weighted by Crippen LogP contribution is 2.76. The summed E-state index contributed by atoms with van der Waals surface area (Å²) in [6.45, 7) is 16.9. The summed E-state index contributed by atoms with van der Waals surface area (Å²) in [5, 5.41) is 27.1. The normalized spacial score (nSPS) is 49.4. The Morgan fingerprint density at radius 3 is 2.28 bits per heavy atom. The molecule has 0 aromatic carbocycles. The van der Waals surface area contributed by atoms with Crippen LogP contribution in [0.2, 0.25) is 0 Å². The Hall–Kier alpha value is -1.16. The van der Waals surface area contributed by atoms with Crippen molar-refractivity contribution in [2.45, 2.75) is 113 Å². The van der Waals surface area contributed by atoms with Gasteiger partial charge in [0.15, 0.2) is 0 Å². The van der Waals surface area contributed by atoms with Crippen molar-refractivity contribution in [3.63, 3.8) is 0 Å². The Kier molecular flexibility index (Phi) is 5.83. The molecule has 36 heavy (non-hydrogen) atoms. The highest BCUT2D eigenvalue weighted by atomic mass is 16.3. The topological polar surface area (TPSA) is 84.0 Å². The van der Waals surface area contributed by atoms with Gasteiger partial charge in [0.1, 0.15) is 5.78 Å². The lowest BCUT2D eigenvalue weighted by molar-refractivity contribution is -0.232. The first-order valence-electron chi connectivity index (χ1n) is 14.7. The minimum atomic E-state index is -0.266. The van der Waals surface area contributed by atoms with Gasteiger partial charge in [-0.1, -0.05) is 34.6 Å². The van der Waals surface area contributed by atoms with Crippen LogP contribution in [0, 0.1) is 61.6 Å². The molecule has 4 heteroatoms. The van der Waals surface area contributed by atoms with E-state index in [0.717, 1.165) is 56.9 Å². The molecule has 0 bridgehead atoms. The molecule has 4 N–H and O–H groups in total. The molecule has 4 nitrogen and oxygen atoms in total. The van der Waals surface area contributed by atoms with Gasteiger partial charge in [-0.15, -0.1) is 0 Å². The SMILES string of the molecule is CC1(C)CC[C@]2(CCO)CC[C@]3(C)C(C(=O)CC4[C@@]5(C)CC(C=N)=C([OH2+])C(C)(C)C5CC[C@]43C)C2C1. The van der Waals surface area contributed by atoms with E-state index in [2.05, 4.69) is 48.5 Å². The zero-order valence-electron chi connectivity index (χ0n) is 24.0. The Morgan fingerprint density at radius 2 is 1.64 bits per heavy atom. The monoisotopic (exact) mass is 498 g/mol. The Balaban J connectivity index is 1.60. The molecule has 0 spiro atoms. The maximum absolute atomic E-state index is 14.5. The highest BCUT2D eigenvalue weighted by Gasteiger charge is 2.72. The Bertz CT molecular complexity index is 995. The predicted molar refractivity (Wildman–Crippen MR) is 146 cm³/mol. The van der Waals surface area contributed by atoms with E-state index >= 15 is 0 Å². The van der Waals surface area contributed by atoms with E-state index in [4.69, 9.17) is 10.5 Å². The van der Waals surface area contributed by atoms with Crippen molar-refractivity contribution in [1.82, 2.24) is 0 Å². The fraction of sp³-hybridized carbons (Fsp3) is 0.875. The maximum atomic E-state index is 14.5. The molecule has 4 fully saturated rings. The molecule has 0 heterocycles. The van der Waals surface area contributed by atoms with Crippen LogP contribution in [0.3, 0.4) is 0 Å². The molecule has 202 valence electrons. The standard InChI is InChI=1S/C32H51NO3/c1-27(2)10-12-32(14-15-34)13-11-31(7)25(21(32)18-27)22(35)16-24-29(5)17-20(19-33)26(36)28(3,4)23(29)8-9-30(24,31)6/h19,21,23-25,33-34,36H,8-18H2,1-7H3/p+1/t21?,23?,24?,25?,29-,30+,31+,32+/m0/s1. The van der Waals surface area contributed by atoms with Gasteiger partial charge in [-0.05, 0) is 116 Å². The van der Waals surface area contributed by atoms with Crippen molar-refractivity contribution in [2.75, 3.05) is 6.61 Å². The summed E-state index contributed by atoms with van der Waals surface area (Å²) in [5.74, 6) is 2.27. The van der Waals surface area contributed by atoms with Crippen molar-refractivity contribution < 1.29 is 15.0 Å². The second-order valence-corrected chi connectivity index (χ2v) is 15.9. The number of carbonyl (C=O) groups is 1. The van der Waals surface area contributed by atoms with Gasteiger partial charge in [0.2, 0.25) is 5.76 Å². The molecule has 4 saturated carbocycles. The lowest BCUT2D eigenvalue weighted by Crippen LogP contribution is -2.68. The zero-order valence-corrected chi connectivity index (χ0v) is 24.0. The van der Waals surface area contributed by atoms with E-state index in [-0.39, 0.29) is 45.0 Å². The summed E-state index contributed by atoms with van der Waals surface area (Å²) < 4.78 is 0. The van der Waals surface area contributed by atoms with E-state index in [1.54, 1.807) is 0 Å². The Labute approximate surface area is 219 Å². The molecule has 0 saturated heterocycles. The Morgan fingerprint density at radius 1 is 0.972 bits per heavy atom. The minimum Gasteiger partial charge on any atom is -0.596 e. The largest absolute Gasteiger partial charge is 0.596 e. The van der Waals surface area contributed by atoms with Crippen molar-refractivity contribution in [1.29, 1.82) is 5.41 Å². The summed E-state index contributed by atoms with van der Waals surface area (Å²) in [7, 11) is 0. The van der Waals surface area contributed by atoms with Gasteiger partial charge in [-0.3, -0.25) is 4.79 Å². The quantitative estimate of drug-likeness (QED) is 0.336. The summed E-state index contributed by atoms with van der Waals surface area (Å²) in [4.78, 5) is 14.5. The van der Waals surface area contributed by atoms with Gasteiger partial charge in [-0.25, -0.2) is 0 Å². The van der Waals surface area contributed by atoms with Crippen LogP contribution in [0.5, 0.6) is 0 Å². The van der Waals surface area contributed by atoms with Crippen LogP contribution in [0.15, 0.2) is 11.3 Å². The number of ketones is 1. The molecule has 0 radical (unpaired) electrons. The van der Waals surface area contributed by atoms with Crippen LogP contribution < -0.4 is 0 Å². The van der Waals surface area contributed by atoms with Gasteiger partial charge in [0.25, 0.3) is 0 Å². The van der Waals surface area contributed by atoms with E-state index in [9.17, 15) is 9.90 Å². The molecule has 5 aliphatic rings. The molecule has 0 aromatic heterocycles. The van der Waals surface area contributed by atoms with Gasteiger partial charge in [-0.2, -0.15) is 0 Å². The number of carbonyl (C=O) groups excluding carboxylic acids is 1. The van der Waals surface area contributed by atoms with Crippen molar-refractivity contribution in [3.8, 4) is 0 Å². The smallest absolute Gasteiger partial charge is 0.239 e. The van der Waals surface area contributed by atoms with Crippen LogP contribution in [0.4, 0.5) is 0 Å². The number of fused-ring (bicyclic) bond motifs is 7. The number of aliphatic hydroxyl groups is 1. The molecule has 8 atom stereocenters. The van der Waals surface area contributed by atoms with Crippen LogP contribution >= 0.6 is 0 Å². The maximum Gasteiger partial charge on any atom is 0.239 e. The van der Waals surface area contributed by atoms with Gasteiger partial charge >= 0.3 is 0 Å². The summed E-state index contributed by atoms with van der Waals surface area (Å²) in [6.07, 6.45) is 11.6. The number of nitrogens with one attached hydrogen (secondary N) is 1. The number of hydrogen-bond acceptors (Lipinski definition) is 3. The van der Waals surface area contributed by atoms with Crippen LogP contribution in [-0.4, -0.2) is 28.8 Å². The molecule has 5 rings (SSSR count). The fourth-order valence-electron chi connectivity index (χ4n) is 11.5. The lowest BCUT2D eigenvalue weighted by atomic mass is 9.31. The molecule has 4 unspecified atom stereocenters. The van der Waals surface area contributed by atoms with Crippen LogP contribution in [-0.2, 0) is 4.79 Å². The minimum absolute atomic E-state index is 0.0298. The first-order valence-corrected chi connectivity index (χ1v) is 14.7. The van der Waals surface area contributed by atoms with Crippen molar-refractivity contribution in [2.24, 2.45) is 56.2 Å². The predicted octanol–water partition coefficient (Wildman–Crippen LogP) is 6.67. The van der Waals surface area contributed by atoms with Gasteiger partial charge < -0.3 is 15.6 Å². The second-order valence-electron chi connectivity index (χ2n) is 15.9. The number of Topliss-reactive ketones (excluding diaryl/α,β-unsaturated/α-hetero) is 1. The molecular formula is C32H52NO3+. The fourth-order valence-corrected chi connectivity index (χ4v) is 11.5. The van der Waals surface area contributed by atoms with Gasteiger partial charge in [0, 0.05) is 25.2 Å². The number of aliphatic hydroxyl groups excluding tert-OH is 1.